The van der Waals surface area contributed by atoms with Gasteiger partial charge in [-0.1, -0.05) is 19.3 Å². The lowest BCUT2D eigenvalue weighted by Crippen LogP contribution is -2.32. The van der Waals surface area contributed by atoms with Gasteiger partial charge in [-0.25, -0.2) is 4.79 Å². The van der Waals surface area contributed by atoms with E-state index in [2.05, 4.69) is 0 Å². The average molecular weight is 251 g/mol. The molecule has 1 aliphatic rings. The number of aromatic hydroxyl groups is 1. The van der Waals surface area contributed by atoms with Gasteiger partial charge in [-0.2, -0.15) is 0 Å². The summed E-state index contributed by atoms with van der Waals surface area (Å²) in [5.74, 6) is -1.82. The van der Waals surface area contributed by atoms with Gasteiger partial charge in [-0.3, -0.25) is 4.79 Å². The third-order valence-electron chi connectivity index (χ3n) is 3.57. The fourth-order valence-electron chi connectivity index (χ4n) is 2.72. The molecular weight excluding hydrogens is 234 g/mol. The monoisotopic (exact) mass is 251 g/mol. The van der Waals surface area contributed by atoms with Gasteiger partial charge in [0.2, 0.25) is 0 Å². The Hall–Kier alpha value is -1.78. The normalized spacial score (nSPS) is 16.7. The first kappa shape index (κ1) is 12.7. The summed E-state index contributed by atoms with van der Waals surface area (Å²) in [7, 11) is 0. The Balaban J connectivity index is 2.56. The van der Waals surface area contributed by atoms with Gasteiger partial charge >= 0.3 is 5.97 Å². The van der Waals surface area contributed by atoms with Crippen LogP contribution in [0.15, 0.2) is 10.9 Å². The number of pyridine rings is 1. The molecule has 0 amide bonds. The minimum absolute atomic E-state index is 0.0601. The number of rotatable bonds is 2. The molecule has 0 bridgehead atoms. The van der Waals surface area contributed by atoms with Gasteiger partial charge in [0.15, 0.2) is 5.56 Å². The van der Waals surface area contributed by atoms with Crippen molar-refractivity contribution in [1.82, 2.24) is 4.57 Å². The number of carboxylic acids is 1. The number of carbonyl (C=O) groups is 1. The van der Waals surface area contributed by atoms with Gasteiger partial charge in [0.25, 0.3) is 5.56 Å². The van der Waals surface area contributed by atoms with E-state index in [4.69, 9.17) is 5.11 Å². The Morgan fingerprint density at radius 3 is 2.50 bits per heavy atom. The van der Waals surface area contributed by atoms with E-state index in [1.165, 1.54) is 10.6 Å². The quantitative estimate of drug-likeness (QED) is 0.843. The molecule has 0 unspecified atom stereocenters. The summed E-state index contributed by atoms with van der Waals surface area (Å²) in [5.41, 5.74) is -0.493. The number of carboxylic acid groups (broad SMARTS) is 1. The first-order chi connectivity index (χ1) is 8.52. The zero-order valence-corrected chi connectivity index (χ0v) is 10.3. The smallest absolute Gasteiger partial charge is 0.345 e. The molecule has 5 heteroatoms. The molecule has 2 N–H and O–H groups in total. The second-order valence-corrected chi connectivity index (χ2v) is 4.82. The maximum Gasteiger partial charge on any atom is 0.345 e. The standard InChI is InChI=1S/C13H17NO4/c1-8-7-10(15)11(13(17)18)12(16)14(8)9-5-3-2-4-6-9/h7,9,15H,2-6H2,1H3,(H,17,18). The van der Waals surface area contributed by atoms with Crippen LogP contribution in [0.5, 0.6) is 5.75 Å². The predicted octanol–water partition coefficient (Wildman–Crippen LogP) is 2.07. The van der Waals surface area contributed by atoms with E-state index < -0.39 is 22.8 Å². The van der Waals surface area contributed by atoms with Crippen molar-refractivity contribution < 1.29 is 15.0 Å². The van der Waals surface area contributed by atoms with Crippen LogP contribution in [0.2, 0.25) is 0 Å². The molecule has 1 aliphatic carbocycles. The van der Waals surface area contributed by atoms with Crippen molar-refractivity contribution in [3.63, 3.8) is 0 Å². The fraction of sp³-hybridized carbons (Fsp3) is 0.538. The predicted molar refractivity (Wildman–Crippen MR) is 66.2 cm³/mol. The van der Waals surface area contributed by atoms with Gasteiger partial charge in [-0.05, 0) is 19.8 Å². The number of aryl methyl sites for hydroxylation is 1. The topological polar surface area (TPSA) is 79.5 Å². The molecule has 1 heterocycles. The molecule has 1 saturated carbocycles. The Bertz CT molecular complexity index is 527. The van der Waals surface area contributed by atoms with Crippen LogP contribution in [0.4, 0.5) is 0 Å². The van der Waals surface area contributed by atoms with Crippen molar-refractivity contribution in [2.45, 2.75) is 45.1 Å². The summed E-state index contributed by atoms with van der Waals surface area (Å²) < 4.78 is 1.53. The van der Waals surface area contributed by atoms with Crippen molar-refractivity contribution in [3.05, 3.63) is 27.7 Å². The van der Waals surface area contributed by atoms with Crippen molar-refractivity contribution in [3.8, 4) is 5.75 Å². The molecule has 98 valence electrons. The van der Waals surface area contributed by atoms with Crippen LogP contribution in [-0.2, 0) is 0 Å². The SMILES string of the molecule is Cc1cc(O)c(C(=O)O)c(=O)n1C1CCCCC1. The van der Waals surface area contributed by atoms with Gasteiger partial charge < -0.3 is 14.8 Å². The highest BCUT2D eigenvalue weighted by Gasteiger charge is 2.24. The molecule has 0 radical (unpaired) electrons. The summed E-state index contributed by atoms with van der Waals surface area (Å²) in [6.45, 7) is 1.72. The summed E-state index contributed by atoms with van der Waals surface area (Å²) in [6.07, 6.45) is 5.06. The van der Waals surface area contributed by atoms with Crippen molar-refractivity contribution >= 4 is 5.97 Å². The Labute approximate surface area is 105 Å². The second-order valence-electron chi connectivity index (χ2n) is 4.82. The lowest BCUT2D eigenvalue weighted by atomic mass is 9.94. The van der Waals surface area contributed by atoms with Gasteiger partial charge in [0, 0.05) is 17.8 Å². The first-order valence-electron chi connectivity index (χ1n) is 6.20. The number of aromatic carboxylic acids is 1. The first-order valence-corrected chi connectivity index (χ1v) is 6.20. The Kier molecular flexibility index (Phi) is 3.41. The molecule has 0 spiro atoms. The zero-order chi connectivity index (χ0) is 13.3. The molecule has 0 saturated heterocycles. The van der Waals surface area contributed by atoms with Crippen molar-refractivity contribution in [2.24, 2.45) is 0 Å². The number of aromatic nitrogens is 1. The summed E-state index contributed by atoms with van der Waals surface area (Å²) >= 11 is 0. The molecule has 2 rings (SSSR count). The van der Waals surface area contributed by atoms with Gasteiger partial charge in [-0.15, -0.1) is 0 Å². The maximum absolute atomic E-state index is 12.2. The zero-order valence-electron chi connectivity index (χ0n) is 10.3. The molecule has 1 aromatic heterocycles. The highest BCUT2D eigenvalue weighted by molar-refractivity contribution is 5.90. The maximum atomic E-state index is 12.2. The summed E-state index contributed by atoms with van der Waals surface area (Å²) in [6, 6.07) is 1.42. The van der Waals surface area contributed by atoms with Gasteiger partial charge in [0.05, 0.1) is 0 Å². The molecule has 18 heavy (non-hydrogen) atoms. The van der Waals surface area contributed by atoms with E-state index >= 15 is 0 Å². The van der Waals surface area contributed by atoms with Crippen LogP contribution < -0.4 is 5.56 Å². The van der Waals surface area contributed by atoms with Crippen LogP contribution in [0, 0.1) is 6.92 Å². The third-order valence-corrected chi connectivity index (χ3v) is 3.57. The van der Waals surface area contributed by atoms with Crippen molar-refractivity contribution in [1.29, 1.82) is 0 Å². The van der Waals surface area contributed by atoms with Gasteiger partial charge in [0.1, 0.15) is 5.75 Å². The number of hydrogen-bond donors (Lipinski definition) is 2. The van der Waals surface area contributed by atoms with E-state index in [0.717, 1.165) is 32.1 Å². The molecule has 0 aromatic carbocycles. The van der Waals surface area contributed by atoms with E-state index in [1.54, 1.807) is 6.92 Å². The van der Waals surface area contributed by atoms with Crippen LogP contribution in [0.3, 0.4) is 0 Å². The summed E-state index contributed by atoms with van der Waals surface area (Å²) in [4.78, 5) is 23.2. The van der Waals surface area contributed by atoms with Crippen LogP contribution in [-0.4, -0.2) is 20.7 Å². The lowest BCUT2D eigenvalue weighted by molar-refractivity contribution is 0.0690. The van der Waals surface area contributed by atoms with E-state index in [0.29, 0.717) is 5.69 Å². The molecule has 0 atom stereocenters. The number of hydrogen-bond acceptors (Lipinski definition) is 3. The van der Waals surface area contributed by atoms with Crippen molar-refractivity contribution in [2.75, 3.05) is 0 Å². The summed E-state index contributed by atoms with van der Waals surface area (Å²) in [5, 5.41) is 18.6. The van der Waals surface area contributed by atoms with Crippen LogP contribution >= 0.6 is 0 Å². The molecule has 0 aliphatic heterocycles. The van der Waals surface area contributed by atoms with E-state index in [9.17, 15) is 14.7 Å². The van der Waals surface area contributed by atoms with Crippen LogP contribution in [0.25, 0.3) is 0 Å². The molecule has 5 nitrogen and oxygen atoms in total. The van der Waals surface area contributed by atoms with Crippen LogP contribution in [0.1, 0.15) is 54.2 Å². The largest absolute Gasteiger partial charge is 0.507 e. The van der Waals surface area contributed by atoms with E-state index in [1.807, 2.05) is 0 Å². The fourth-order valence-corrected chi connectivity index (χ4v) is 2.72. The average Bonchev–Trinajstić information content (AvgIpc) is 2.28. The highest BCUT2D eigenvalue weighted by Crippen LogP contribution is 2.29. The lowest BCUT2D eigenvalue weighted by Gasteiger charge is -2.26. The Morgan fingerprint density at radius 2 is 1.94 bits per heavy atom. The minimum atomic E-state index is -1.37. The molecule has 1 fully saturated rings. The number of nitrogens with zero attached hydrogens (tertiary/aromatic N) is 1. The second kappa shape index (κ2) is 4.84. The molecular formula is C13H17NO4. The minimum Gasteiger partial charge on any atom is -0.507 e. The Morgan fingerprint density at radius 1 is 1.33 bits per heavy atom. The van der Waals surface area contributed by atoms with E-state index in [-0.39, 0.29) is 6.04 Å². The third kappa shape index (κ3) is 2.12. The molecule has 1 aromatic rings. The highest BCUT2D eigenvalue weighted by atomic mass is 16.4.